The van der Waals surface area contributed by atoms with Crippen LogP contribution in [0.2, 0.25) is 0 Å². The summed E-state index contributed by atoms with van der Waals surface area (Å²) in [5.41, 5.74) is 3.21. The Labute approximate surface area is 190 Å². The average molecular weight is 450 g/mol. The number of benzene rings is 3. The van der Waals surface area contributed by atoms with Gasteiger partial charge in [0.2, 0.25) is 11.9 Å². The summed E-state index contributed by atoms with van der Waals surface area (Å²) in [5, 5.41) is 6.02. The summed E-state index contributed by atoms with van der Waals surface area (Å²) < 4.78 is 35.6. The van der Waals surface area contributed by atoms with Crippen LogP contribution in [0.3, 0.4) is 0 Å². The maximum atomic E-state index is 14.3. The van der Waals surface area contributed by atoms with Crippen molar-refractivity contribution in [1.82, 2.24) is 9.55 Å². The molecule has 4 aromatic rings. The molecule has 1 aromatic heterocycles. The van der Waals surface area contributed by atoms with Gasteiger partial charge in [0.15, 0.2) is 0 Å². The van der Waals surface area contributed by atoms with Crippen LogP contribution in [0.4, 0.5) is 26.1 Å². The SMILES string of the molecule is COc1ccc(Nc2nc3cc(NC(C)=O)ccc3n2Cc2ccccc2C(C)(F)F)cc1. The van der Waals surface area contributed by atoms with Crippen molar-refractivity contribution < 1.29 is 18.3 Å². The number of fused-ring (bicyclic) bond motifs is 1. The highest BCUT2D eigenvalue weighted by atomic mass is 19.3. The van der Waals surface area contributed by atoms with Crippen LogP contribution >= 0.6 is 0 Å². The van der Waals surface area contributed by atoms with Gasteiger partial charge in [-0.25, -0.2) is 13.8 Å². The number of nitrogens with one attached hydrogen (secondary N) is 2. The van der Waals surface area contributed by atoms with E-state index in [2.05, 4.69) is 15.6 Å². The van der Waals surface area contributed by atoms with E-state index in [0.29, 0.717) is 28.5 Å². The highest BCUT2D eigenvalue weighted by molar-refractivity contribution is 5.92. The van der Waals surface area contributed by atoms with Crippen molar-refractivity contribution in [2.24, 2.45) is 0 Å². The zero-order chi connectivity index (χ0) is 23.6. The van der Waals surface area contributed by atoms with Gasteiger partial charge in [0.25, 0.3) is 5.92 Å². The molecule has 33 heavy (non-hydrogen) atoms. The zero-order valence-corrected chi connectivity index (χ0v) is 18.5. The number of carbonyl (C=O) groups is 1. The molecule has 0 unspecified atom stereocenters. The summed E-state index contributed by atoms with van der Waals surface area (Å²) in [5.74, 6) is -1.96. The van der Waals surface area contributed by atoms with Crippen LogP contribution in [0.15, 0.2) is 66.7 Å². The number of aromatic nitrogens is 2. The lowest BCUT2D eigenvalue weighted by molar-refractivity contribution is -0.114. The van der Waals surface area contributed by atoms with Crippen molar-refractivity contribution in [3.63, 3.8) is 0 Å². The molecule has 170 valence electrons. The van der Waals surface area contributed by atoms with Crippen LogP contribution in [0.25, 0.3) is 11.0 Å². The van der Waals surface area contributed by atoms with Crippen LogP contribution in [0, 0.1) is 0 Å². The molecule has 0 atom stereocenters. The van der Waals surface area contributed by atoms with Gasteiger partial charge in [-0.1, -0.05) is 24.3 Å². The molecule has 4 rings (SSSR count). The summed E-state index contributed by atoms with van der Waals surface area (Å²) in [6, 6.07) is 19.2. The van der Waals surface area contributed by atoms with E-state index in [9.17, 15) is 13.6 Å². The molecule has 0 aliphatic heterocycles. The van der Waals surface area contributed by atoms with E-state index >= 15 is 0 Å². The normalized spacial score (nSPS) is 11.4. The summed E-state index contributed by atoms with van der Waals surface area (Å²) >= 11 is 0. The number of halogens is 2. The van der Waals surface area contributed by atoms with Gasteiger partial charge >= 0.3 is 0 Å². The predicted octanol–water partition coefficient (Wildman–Crippen LogP) is 5.91. The van der Waals surface area contributed by atoms with Crippen molar-refractivity contribution >= 4 is 34.3 Å². The van der Waals surface area contributed by atoms with Gasteiger partial charge in [-0.05, 0) is 48.0 Å². The van der Waals surface area contributed by atoms with Crippen LogP contribution in [0.1, 0.15) is 25.0 Å². The number of ether oxygens (including phenoxy) is 1. The third-order valence-corrected chi connectivity index (χ3v) is 5.23. The first kappa shape index (κ1) is 22.3. The maximum absolute atomic E-state index is 14.3. The maximum Gasteiger partial charge on any atom is 0.270 e. The monoisotopic (exact) mass is 450 g/mol. The molecule has 6 nitrogen and oxygen atoms in total. The van der Waals surface area contributed by atoms with E-state index in [1.807, 2.05) is 34.9 Å². The molecule has 0 saturated heterocycles. The van der Waals surface area contributed by atoms with Gasteiger partial charge in [-0.2, -0.15) is 0 Å². The van der Waals surface area contributed by atoms with Crippen LogP contribution in [0.5, 0.6) is 5.75 Å². The first-order valence-electron chi connectivity index (χ1n) is 10.4. The number of methoxy groups -OCH3 is 1. The fraction of sp³-hybridized carbons (Fsp3) is 0.200. The Morgan fingerprint density at radius 1 is 1.06 bits per heavy atom. The molecule has 3 aromatic carbocycles. The number of alkyl halides is 2. The average Bonchev–Trinajstić information content (AvgIpc) is 3.09. The number of imidazole rings is 1. The molecule has 8 heteroatoms. The Bertz CT molecular complexity index is 1290. The van der Waals surface area contributed by atoms with E-state index in [-0.39, 0.29) is 18.0 Å². The molecule has 0 spiro atoms. The smallest absolute Gasteiger partial charge is 0.270 e. The highest BCUT2D eigenvalue weighted by Gasteiger charge is 2.27. The topological polar surface area (TPSA) is 68.2 Å². The minimum absolute atomic E-state index is 0.0305. The summed E-state index contributed by atoms with van der Waals surface area (Å²) in [4.78, 5) is 16.1. The number of hydrogen-bond donors (Lipinski definition) is 2. The fourth-order valence-corrected chi connectivity index (χ4v) is 3.73. The molecule has 1 heterocycles. The largest absolute Gasteiger partial charge is 0.497 e. The second kappa shape index (κ2) is 8.90. The lowest BCUT2D eigenvalue weighted by Crippen LogP contribution is -2.14. The Balaban J connectivity index is 1.80. The molecular formula is C25H24F2N4O2. The Hall–Kier alpha value is -3.94. The number of nitrogens with zero attached hydrogens (tertiary/aromatic N) is 2. The number of rotatable bonds is 7. The second-order valence-corrected chi connectivity index (χ2v) is 7.81. The number of hydrogen-bond acceptors (Lipinski definition) is 4. The van der Waals surface area contributed by atoms with Crippen molar-refractivity contribution in [1.29, 1.82) is 0 Å². The highest BCUT2D eigenvalue weighted by Crippen LogP contribution is 2.32. The quantitative estimate of drug-likeness (QED) is 0.367. The third kappa shape index (κ3) is 4.95. The van der Waals surface area contributed by atoms with Gasteiger partial charge in [-0.15, -0.1) is 0 Å². The van der Waals surface area contributed by atoms with Gasteiger partial charge < -0.3 is 19.9 Å². The lowest BCUT2D eigenvalue weighted by atomic mass is 10.0. The van der Waals surface area contributed by atoms with E-state index in [1.165, 1.54) is 13.0 Å². The predicted molar refractivity (Wildman–Crippen MR) is 125 cm³/mol. The Kier molecular flexibility index (Phi) is 6.00. The van der Waals surface area contributed by atoms with Gasteiger partial charge in [0, 0.05) is 30.8 Å². The molecule has 0 radical (unpaired) electrons. The first-order chi connectivity index (χ1) is 15.7. The number of carbonyl (C=O) groups excluding carboxylic acids is 1. The molecule has 2 N–H and O–H groups in total. The van der Waals surface area contributed by atoms with E-state index in [4.69, 9.17) is 4.74 Å². The fourth-order valence-electron chi connectivity index (χ4n) is 3.73. The molecule has 1 amide bonds. The van der Waals surface area contributed by atoms with E-state index in [0.717, 1.165) is 18.1 Å². The molecule has 0 saturated carbocycles. The second-order valence-electron chi connectivity index (χ2n) is 7.81. The molecule has 0 bridgehead atoms. The molecule has 0 aliphatic carbocycles. The van der Waals surface area contributed by atoms with Crippen LogP contribution in [-0.2, 0) is 17.3 Å². The van der Waals surface area contributed by atoms with Crippen LogP contribution in [-0.4, -0.2) is 22.6 Å². The standard InChI is InChI=1S/C25H24F2N4O2/c1-16(32)28-19-10-13-23-22(14-19)30-24(29-18-8-11-20(33-3)12-9-18)31(23)15-17-6-4-5-7-21(17)25(2,26)27/h4-14H,15H2,1-3H3,(H,28,32)(H,29,30). The Morgan fingerprint density at radius 2 is 1.76 bits per heavy atom. The van der Waals surface area contributed by atoms with Crippen molar-refractivity contribution in [3.8, 4) is 5.75 Å². The summed E-state index contributed by atoms with van der Waals surface area (Å²) in [6.07, 6.45) is 0. The van der Waals surface area contributed by atoms with Crippen LogP contribution < -0.4 is 15.4 Å². The van der Waals surface area contributed by atoms with Crippen molar-refractivity contribution in [2.45, 2.75) is 26.3 Å². The Morgan fingerprint density at radius 3 is 2.42 bits per heavy atom. The van der Waals surface area contributed by atoms with E-state index < -0.39 is 5.92 Å². The van der Waals surface area contributed by atoms with Crippen molar-refractivity contribution in [3.05, 3.63) is 77.9 Å². The number of anilines is 3. The molecular weight excluding hydrogens is 426 g/mol. The molecule has 0 fully saturated rings. The number of amides is 1. The third-order valence-electron chi connectivity index (χ3n) is 5.23. The van der Waals surface area contributed by atoms with Gasteiger partial charge in [0.05, 0.1) is 24.7 Å². The summed E-state index contributed by atoms with van der Waals surface area (Å²) in [7, 11) is 1.59. The van der Waals surface area contributed by atoms with E-state index in [1.54, 1.807) is 37.4 Å². The molecule has 0 aliphatic rings. The first-order valence-corrected chi connectivity index (χ1v) is 10.4. The minimum atomic E-state index is -2.98. The lowest BCUT2D eigenvalue weighted by Gasteiger charge is -2.18. The zero-order valence-electron chi connectivity index (χ0n) is 18.5. The van der Waals surface area contributed by atoms with Gasteiger partial charge in [-0.3, -0.25) is 4.79 Å². The van der Waals surface area contributed by atoms with Gasteiger partial charge in [0.1, 0.15) is 5.75 Å². The van der Waals surface area contributed by atoms with Crippen molar-refractivity contribution in [2.75, 3.05) is 17.7 Å². The minimum Gasteiger partial charge on any atom is -0.497 e. The summed E-state index contributed by atoms with van der Waals surface area (Å²) in [6.45, 7) is 2.52.